The van der Waals surface area contributed by atoms with Crippen molar-refractivity contribution >= 4 is 11.1 Å². The van der Waals surface area contributed by atoms with Gasteiger partial charge in [-0.15, -0.1) is 0 Å². The van der Waals surface area contributed by atoms with Crippen molar-refractivity contribution in [2.75, 3.05) is 0 Å². The molecule has 0 aromatic heterocycles. The summed E-state index contributed by atoms with van der Waals surface area (Å²) in [4.78, 5) is 0. The van der Waals surface area contributed by atoms with Crippen molar-refractivity contribution in [3.63, 3.8) is 0 Å². The van der Waals surface area contributed by atoms with Crippen LogP contribution < -0.4 is 5.32 Å². The molecule has 0 radical (unpaired) electrons. The standard InChI is InChI=1S/C12H8O.C6H7N/c1-2-4-8-7(3-1)9-5-6-10-12(13-10)11(8)9;1-2-4-6-7-5-3-1/h1-6,10,12H;1-7H. The average molecular weight is 261 g/mol. The molecule has 0 saturated carbocycles. The molecule has 5 rings (SSSR count). The van der Waals surface area contributed by atoms with Gasteiger partial charge in [-0.3, -0.25) is 0 Å². The van der Waals surface area contributed by atoms with E-state index in [1.807, 2.05) is 36.7 Å². The van der Waals surface area contributed by atoms with Gasteiger partial charge in [0.1, 0.15) is 12.2 Å². The summed E-state index contributed by atoms with van der Waals surface area (Å²) < 4.78 is 5.52. The Morgan fingerprint density at radius 3 is 2.45 bits per heavy atom. The first kappa shape index (κ1) is 11.5. The fraction of sp³-hybridized carbons (Fsp3) is 0.111. The van der Waals surface area contributed by atoms with Gasteiger partial charge < -0.3 is 10.1 Å². The Hall–Kier alpha value is -2.32. The summed E-state index contributed by atoms with van der Waals surface area (Å²) in [5.74, 6) is 0. The molecule has 2 heterocycles. The van der Waals surface area contributed by atoms with E-state index < -0.39 is 0 Å². The highest BCUT2D eigenvalue weighted by Crippen LogP contribution is 2.52. The zero-order chi connectivity index (χ0) is 13.4. The second-order valence-electron chi connectivity index (χ2n) is 5.02. The third-order valence-corrected chi connectivity index (χ3v) is 3.78. The Labute approximate surface area is 118 Å². The fourth-order valence-corrected chi connectivity index (χ4v) is 2.77. The van der Waals surface area contributed by atoms with E-state index in [0.29, 0.717) is 12.2 Å². The van der Waals surface area contributed by atoms with Gasteiger partial charge in [-0.05, 0) is 34.4 Å². The number of fused-ring (bicyclic) bond motifs is 5. The summed E-state index contributed by atoms with van der Waals surface area (Å²) in [6, 6.07) is 8.56. The Morgan fingerprint density at radius 2 is 1.65 bits per heavy atom. The lowest BCUT2D eigenvalue weighted by molar-refractivity contribution is 0.418. The SMILES string of the molecule is C1=CC2OC2C2=C1c1ccccc12.C1=CC=CNC=C1. The third kappa shape index (κ3) is 1.86. The van der Waals surface area contributed by atoms with Crippen molar-refractivity contribution in [3.8, 4) is 0 Å². The van der Waals surface area contributed by atoms with E-state index in [2.05, 4.69) is 41.7 Å². The quantitative estimate of drug-likeness (QED) is 0.724. The van der Waals surface area contributed by atoms with Crippen LogP contribution in [0.1, 0.15) is 11.1 Å². The normalized spacial score (nSPS) is 26.2. The molecule has 98 valence electrons. The average Bonchev–Trinajstić information content (AvgIpc) is 3.27. The summed E-state index contributed by atoms with van der Waals surface area (Å²) in [5, 5.41) is 2.92. The van der Waals surface area contributed by atoms with Crippen LogP contribution in [0.15, 0.2) is 73.1 Å². The van der Waals surface area contributed by atoms with E-state index in [9.17, 15) is 0 Å². The summed E-state index contributed by atoms with van der Waals surface area (Å²) in [6.45, 7) is 0. The van der Waals surface area contributed by atoms with Gasteiger partial charge in [-0.25, -0.2) is 0 Å². The number of nitrogens with one attached hydrogen (secondary N) is 1. The molecule has 2 heteroatoms. The molecule has 1 fully saturated rings. The zero-order valence-electron chi connectivity index (χ0n) is 11.0. The maximum Gasteiger partial charge on any atom is 0.114 e. The first-order chi connectivity index (χ1) is 9.95. The van der Waals surface area contributed by atoms with Crippen molar-refractivity contribution in [3.05, 3.63) is 84.2 Å². The molecule has 2 atom stereocenters. The predicted molar refractivity (Wildman–Crippen MR) is 81.6 cm³/mol. The van der Waals surface area contributed by atoms with Crippen molar-refractivity contribution in [1.82, 2.24) is 5.32 Å². The highest BCUT2D eigenvalue weighted by Gasteiger charge is 2.47. The van der Waals surface area contributed by atoms with Crippen molar-refractivity contribution < 1.29 is 4.74 Å². The largest absolute Gasteiger partial charge is 0.368 e. The van der Waals surface area contributed by atoms with Crippen LogP contribution in [-0.2, 0) is 4.74 Å². The minimum atomic E-state index is 0.382. The van der Waals surface area contributed by atoms with Gasteiger partial charge in [-0.2, -0.15) is 0 Å². The van der Waals surface area contributed by atoms with E-state index in [4.69, 9.17) is 4.74 Å². The van der Waals surface area contributed by atoms with Crippen LogP contribution in [0.25, 0.3) is 11.1 Å². The van der Waals surface area contributed by atoms with Crippen molar-refractivity contribution in [2.24, 2.45) is 0 Å². The second kappa shape index (κ2) is 4.66. The molecular formula is C18H15NO. The maximum atomic E-state index is 5.52. The lowest BCUT2D eigenvalue weighted by atomic mass is 9.76. The van der Waals surface area contributed by atoms with E-state index in [1.165, 1.54) is 22.3 Å². The van der Waals surface area contributed by atoms with Gasteiger partial charge in [0.2, 0.25) is 0 Å². The summed E-state index contributed by atoms with van der Waals surface area (Å²) in [6.07, 6.45) is 16.7. The van der Waals surface area contributed by atoms with Gasteiger partial charge in [-0.1, -0.05) is 48.6 Å². The highest BCUT2D eigenvalue weighted by atomic mass is 16.6. The van der Waals surface area contributed by atoms with Gasteiger partial charge in [0, 0.05) is 12.4 Å². The molecule has 1 N–H and O–H groups in total. The van der Waals surface area contributed by atoms with Gasteiger partial charge in [0.15, 0.2) is 0 Å². The fourth-order valence-electron chi connectivity index (χ4n) is 2.77. The smallest absolute Gasteiger partial charge is 0.114 e. The minimum Gasteiger partial charge on any atom is -0.368 e. The van der Waals surface area contributed by atoms with E-state index >= 15 is 0 Å². The van der Waals surface area contributed by atoms with Gasteiger partial charge in [0.05, 0.1) is 0 Å². The number of hydrogen-bond donors (Lipinski definition) is 1. The van der Waals surface area contributed by atoms with E-state index in [1.54, 1.807) is 0 Å². The number of benzene rings is 1. The molecule has 4 aliphatic rings. The Balaban J connectivity index is 0.000000130. The topological polar surface area (TPSA) is 24.6 Å². The van der Waals surface area contributed by atoms with E-state index in [0.717, 1.165) is 0 Å². The summed E-state index contributed by atoms with van der Waals surface area (Å²) in [5.41, 5.74) is 5.62. The number of rotatable bonds is 0. The Bertz CT molecular complexity index is 677. The van der Waals surface area contributed by atoms with Crippen LogP contribution in [0.5, 0.6) is 0 Å². The monoisotopic (exact) mass is 261 g/mol. The zero-order valence-corrected chi connectivity index (χ0v) is 11.0. The molecule has 2 nitrogen and oxygen atoms in total. The van der Waals surface area contributed by atoms with Crippen LogP contribution in [0.4, 0.5) is 0 Å². The number of allylic oxidation sites excluding steroid dienone is 6. The summed E-state index contributed by atoms with van der Waals surface area (Å²) in [7, 11) is 0. The molecule has 1 saturated heterocycles. The van der Waals surface area contributed by atoms with E-state index in [-0.39, 0.29) is 0 Å². The predicted octanol–water partition coefficient (Wildman–Crippen LogP) is 3.42. The van der Waals surface area contributed by atoms with Crippen LogP contribution >= 0.6 is 0 Å². The molecule has 2 aliphatic carbocycles. The molecule has 2 unspecified atom stereocenters. The Morgan fingerprint density at radius 1 is 0.900 bits per heavy atom. The highest BCUT2D eigenvalue weighted by molar-refractivity contribution is 6.10. The molecule has 0 bridgehead atoms. The molecule has 0 spiro atoms. The van der Waals surface area contributed by atoms with Crippen LogP contribution in [0.3, 0.4) is 0 Å². The lowest BCUT2D eigenvalue weighted by Crippen LogP contribution is -2.13. The Kier molecular flexibility index (Phi) is 2.68. The molecule has 20 heavy (non-hydrogen) atoms. The lowest BCUT2D eigenvalue weighted by Gasteiger charge is -2.26. The minimum absolute atomic E-state index is 0.382. The van der Waals surface area contributed by atoms with Crippen LogP contribution in [0.2, 0.25) is 0 Å². The van der Waals surface area contributed by atoms with Crippen molar-refractivity contribution in [2.45, 2.75) is 12.2 Å². The van der Waals surface area contributed by atoms with Gasteiger partial charge >= 0.3 is 0 Å². The number of ether oxygens (including phenoxy) is 1. The molecule has 1 aromatic carbocycles. The first-order valence-corrected chi connectivity index (χ1v) is 6.87. The number of hydrogen-bond acceptors (Lipinski definition) is 2. The van der Waals surface area contributed by atoms with Crippen LogP contribution in [0, 0.1) is 0 Å². The first-order valence-electron chi connectivity index (χ1n) is 6.87. The molecular weight excluding hydrogens is 246 g/mol. The molecule has 2 aliphatic heterocycles. The maximum absolute atomic E-state index is 5.52. The molecule has 0 amide bonds. The summed E-state index contributed by atoms with van der Waals surface area (Å²) >= 11 is 0. The van der Waals surface area contributed by atoms with Gasteiger partial charge in [0.25, 0.3) is 0 Å². The third-order valence-electron chi connectivity index (χ3n) is 3.78. The van der Waals surface area contributed by atoms with Crippen LogP contribution in [-0.4, -0.2) is 12.2 Å². The molecule has 1 aromatic rings. The second-order valence-corrected chi connectivity index (χ2v) is 5.02. The van der Waals surface area contributed by atoms with Crippen molar-refractivity contribution in [1.29, 1.82) is 0 Å². The number of epoxide rings is 1.